The molecular formula is C18H15F3N6. The standard InChI is InChI=1S/C18H15F3N6/c1-12(15-9-5-6-10-22-15)26-27-17-23-11-14(18(19,20)21)16(25-17)24-13-7-3-2-4-8-13/h2-11H,1H3,(H2,23,24,25,27). The molecule has 0 aliphatic heterocycles. The zero-order chi connectivity index (χ0) is 19.3. The number of para-hydroxylation sites is 1. The Kier molecular flexibility index (Phi) is 5.30. The van der Waals surface area contributed by atoms with E-state index in [4.69, 9.17) is 0 Å². The van der Waals surface area contributed by atoms with Crippen LogP contribution in [0.2, 0.25) is 0 Å². The van der Waals surface area contributed by atoms with E-state index >= 15 is 0 Å². The van der Waals surface area contributed by atoms with E-state index in [-0.39, 0.29) is 11.8 Å². The lowest BCUT2D eigenvalue weighted by Gasteiger charge is -2.14. The highest BCUT2D eigenvalue weighted by atomic mass is 19.4. The number of nitrogens with zero attached hydrogens (tertiary/aromatic N) is 4. The SMILES string of the molecule is CC(=NNc1ncc(C(F)(F)F)c(Nc2ccccc2)n1)c1ccccn1. The number of hydrogen-bond donors (Lipinski definition) is 2. The van der Waals surface area contributed by atoms with Gasteiger partial charge in [-0.05, 0) is 31.2 Å². The van der Waals surface area contributed by atoms with Gasteiger partial charge in [0.15, 0.2) is 0 Å². The van der Waals surface area contributed by atoms with E-state index in [1.54, 1.807) is 61.7 Å². The highest BCUT2D eigenvalue weighted by Crippen LogP contribution is 2.35. The maximum absolute atomic E-state index is 13.2. The molecular weight excluding hydrogens is 357 g/mol. The number of rotatable bonds is 5. The second kappa shape index (κ2) is 7.81. The number of aromatic nitrogens is 3. The van der Waals surface area contributed by atoms with Crippen LogP contribution in [0.3, 0.4) is 0 Å². The molecule has 3 aromatic rings. The molecule has 2 aromatic heterocycles. The van der Waals surface area contributed by atoms with Gasteiger partial charge in [-0.1, -0.05) is 24.3 Å². The average molecular weight is 372 g/mol. The summed E-state index contributed by atoms with van der Waals surface area (Å²) in [6.07, 6.45) is -2.26. The van der Waals surface area contributed by atoms with E-state index < -0.39 is 11.7 Å². The third-order valence-electron chi connectivity index (χ3n) is 3.49. The van der Waals surface area contributed by atoms with E-state index in [9.17, 15) is 13.2 Å². The number of halogens is 3. The summed E-state index contributed by atoms with van der Waals surface area (Å²) in [4.78, 5) is 11.8. The second-order valence-corrected chi connectivity index (χ2v) is 5.47. The van der Waals surface area contributed by atoms with Gasteiger partial charge in [0, 0.05) is 18.1 Å². The maximum Gasteiger partial charge on any atom is 0.421 e. The predicted molar refractivity (Wildman–Crippen MR) is 96.8 cm³/mol. The first-order valence-electron chi connectivity index (χ1n) is 7.91. The molecule has 0 unspecified atom stereocenters. The topological polar surface area (TPSA) is 75.1 Å². The Morgan fingerprint density at radius 2 is 1.74 bits per heavy atom. The zero-order valence-corrected chi connectivity index (χ0v) is 14.2. The number of anilines is 3. The number of pyridine rings is 1. The van der Waals surface area contributed by atoms with Gasteiger partial charge in [0.25, 0.3) is 0 Å². The summed E-state index contributed by atoms with van der Waals surface area (Å²) in [5, 5.41) is 6.74. The van der Waals surface area contributed by atoms with Gasteiger partial charge in [-0.3, -0.25) is 4.98 Å². The molecule has 0 saturated carbocycles. The molecule has 9 heteroatoms. The average Bonchev–Trinajstić information content (AvgIpc) is 2.67. The van der Waals surface area contributed by atoms with Crippen LogP contribution >= 0.6 is 0 Å². The fraction of sp³-hybridized carbons (Fsp3) is 0.111. The van der Waals surface area contributed by atoms with Gasteiger partial charge >= 0.3 is 6.18 Å². The molecule has 0 aliphatic rings. The Bertz CT molecular complexity index is 927. The van der Waals surface area contributed by atoms with Crippen molar-refractivity contribution < 1.29 is 13.2 Å². The van der Waals surface area contributed by atoms with Gasteiger partial charge in [-0.25, -0.2) is 10.4 Å². The molecule has 0 spiro atoms. The van der Waals surface area contributed by atoms with Crippen LogP contribution < -0.4 is 10.7 Å². The zero-order valence-electron chi connectivity index (χ0n) is 14.2. The normalized spacial score (nSPS) is 11.9. The van der Waals surface area contributed by atoms with Gasteiger partial charge in [0.05, 0.1) is 11.4 Å². The summed E-state index contributed by atoms with van der Waals surface area (Å²) in [5.41, 5.74) is 3.23. The first kappa shape index (κ1) is 18.3. The van der Waals surface area contributed by atoms with E-state index in [0.717, 1.165) is 0 Å². The summed E-state index contributed by atoms with van der Waals surface area (Å²) < 4.78 is 39.7. The van der Waals surface area contributed by atoms with Crippen LogP contribution in [0.25, 0.3) is 0 Å². The fourth-order valence-electron chi connectivity index (χ4n) is 2.16. The van der Waals surface area contributed by atoms with Gasteiger partial charge in [0.2, 0.25) is 5.95 Å². The summed E-state index contributed by atoms with van der Waals surface area (Å²) in [5.74, 6) is -0.436. The number of hydrogen-bond acceptors (Lipinski definition) is 6. The minimum atomic E-state index is -4.59. The predicted octanol–water partition coefficient (Wildman–Crippen LogP) is 4.47. The Morgan fingerprint density at radius 1 is 1.00 bits per heavy atom. The minimum Gasteiger partial charge on any atom is -0.340 e. The third kappa shape index (κ3) is 4.78. The van der Waals surface area contributed by atoms with Crippen molar-refractivity contribution in [2.45, 2.75) is 13.1 Å². The molecule has 27 heavy (non-hydrogen) atoms. The van der Waals surface area contributed by atoms with E-state index in [2.05, 4.69) is 30.8 Å². The van der Waals surface area contributed by atoms with Crippen molar-refractivity contribution >= 4 is 23.2 Å². The summed E-state index contributed by atoms with van der Waals surface area (Å²) in [6, 6.07) is 13.8. The molecule has 2 heterocycles. The Morgan fingerprint density at radius 3 is 2.41 bits per heavy atom. The van der Waals surface area contributed by atoms with Crippen molar-refractivity contribution in [1.29, 1.82) is 0 Å². The molecule has 1 aromatic carbocycles. The van der Waals surface area contributed by atoms with Crippen LogP contribution in [0.5, 0.6) is 0 Å². The lowest BCUT2D eigenvalue weighted by Crippen LogP contribution is -2.13. The smallest absolute Gasteiger partial charge is 0.340 e. The molecule has 0 saturated heterocycles. The Labute approximate surface area is 153 Å². The number of benzene rings is 1. The number of nitrogens with one attached hydrogen (secondary N) is 2. The minimum absolute atomic E-state index is 0.0725. The van der Waals surface area contributed by atoms with Crippen molar-refractivity contribution in [3.8, 4) is 0 Å². The summed E-state index contributed by atoms with van der Waals surface area (Å²) in [6.45, 7) is 1.71. The molecule has 0 atom stereocenters. The van der Waals surface area contributed by atoms with Gasteiger partial charge in [-0.15, -0.1) is 0 Å². The van der Waals surface area contributed by atoms with Crippen LogP contribution in [-0.2, 0) is 6.18 Å². The molecule has 2 N–H and O–H groups in total. The van der Waals surface area contributed by atoms with Crippen molar-refractivity contribution in [1.82, 2.24) is 15.0 Å². The lowest BCUT2D eigenvalue weighted by atomic mass is 10.2. The van der Waals surface area contributed by atoms with Gasteiger partial charge in [0.1, 0.15) is 11.4 Å². The molecule has 0 amide bonds. The van der Waals surface area contributed by atoms with E-state index in [1.807, 2.05) is 0 Å². The molecule has 0 radical (unpaired) electrons. The van der Waals surface area contributed by atoms with Crippen LogP contribution in [-0.4, -0.2) is 20.7 Å². The lowest BCUT2D eigenvalue weighted by molar-refractivity contribution is -0.137. The summed E-state index contributed by atoms with van der Waals surface area (Å²) in [7, 11) is 0. The highest BCUT2D eigenvalue weighted by molar-refractivity contribution is 5.97. The van der Waals surface area contributed by atoms with Crippen LogP contribution in [0.1, 0.15) is 18.2 Å². The third-order valence-corrected chi connectivity index (χ3v) is 3.49. The molecule has 3 rings (SSSR count). The van der Waals surface area contributed by atoms with Crippen LogP contribution in [0.4, 0.5) is 30.6 Å². The Hall–Kier alpha value is -3.49. The van der Waals surface area contributed by atoms with Crippen molar-refractivity contribution in [2.24, 2.45) is 5.10 Å². The highest BCUT2D eigenvalue weighted by Gasteiger charge is 2.35. The van der Waals surface area contributed by atoms with Gasteiger partial charge in [-0.2, -0.15) is 23.3 Å². The monoisotopic (exact) mass is 372 g/mol. The van der Waals surface area contributed by atoms with Crippen molar-refractivity contribution in [3.63, 3.8) is 0 Å². The van der Waals surface area contributed by atoms with Gasteiger partial charge < -0.3 is 5.32 Å². The largest absolute Gasteiger partial charge is 0.421 e. The number of hydrazone groups is 1. The van der Waals surface area contributed by atoms with Crippen molar-refractivity contribution in [3.05, 3.63) is 72.2 Å². The Balaban J connectivity index is 1.87. The fourth-order valence-corrected chi connectivity index (χ4v) is 2.16. The second-order valence-electron chi connectivity index (χ2n) is 5.47. The van der Waals surface area contributed by atoms with E-state index in [0.29, 0.717) is 23.3 Å². The molecule has 0 bridgehead atoms. The maximum atomic E-state index is 13.2. The van der Waals surface area contributed by atoms with Crippen LogP contribution in [0.15, 0.2) is 66.0 Å². The molecule has 6 nitrogen and oxygen atoms in total. The number of alkyl halides is 3. The van der Waals surface area contributed by atoms with Crippen LogP contribution in [0, 0.1) is 0 Å². The quantitative estimate of drug-likeness (QED) is 0.511. The first-order valence-corrected chi connectivity index (χ1v) is 7.91. The molecule has 0 fully saturated rings. The molecule has 0 aliphatic carbocycles. The molecule has 138 valence electrons. The summed E-state index contributed by atoms with van der Waals surface area (Å²) >= 11 is 0. The van der Waals surface area contributed by atoms with E-state index in [1.165, 1.54) is 0 Å². The van der Waals surface area contributed by atoms with Crippen molar-refractivity contribution in [2.75, 3.05) is 10.7 Å². The first-order chi connectivity index (χ1) is 12.9.